The van der Waals surface area contributed by atoms with E-state index in [1.807, 2.05) is 6.07 Å². The van der Waals surface area contributed by atoms with Crippen molar-refractivity contribution < 1.29 is 23.1 Å². The zero-order valence-corrected chi connectivity index (χ0v) is 18.3. The Kier molecular flexibility index (Phi) is 6.36. The summed E-state index contributed by atoms with van der Waals surface area (Å²) in [6, 6.07) is 9.50. The zero-order valence-electron chi connectivity index (χ0n) is 17.4. The summed E-state index contributed by atoms with van der Waals surface area (Å²) in [5.41, 5.74) is 1.37. The quantitative estimate of drug-likeness (QED) is 0.684. The molecule has 1 aromatic carbocycles. The first-order chi connectivity index (χ1) is 14.3. The fourth-order valence-electron chi connectivity index (χ4n) is 5.28. The third kappa shape index (κ3) is 5.15. The Labute approximate surface area is 178 Å². The van der Waals surface area contributed by atoms with E-state index in [0.29, 0.717) is 18.3 Å². The summed E-state index contributed by atoms with van der Waals surface area (Å²) in [5, 5.41) is 9.84. The lowest BCUT2D eigenvalue weighted by Crippen LogP contribution is -2.50. The highest BCUT2D eigenvalue weighted by Crippen LogP contribution is 2.43. The predicted octanol–water partition coefficient (Wildman–Crippen LogP) is 3.18. The lowest BCUT2D eigenvalue weighted by molar-refractivity contribution is -0.00853. The molecule has 3 aliphatic rings. The SMILES string of the molecule is CS(=O)(=O)NC1CC(C2CC2)N(C(=O)O)C1CO[C@H]1CC[C@@H](c2ccccc2)CC1. The second-order valence-corrected chi connectivity index (χ2v) is 10.9. The van der Waals surface area contributed by atoms with Gasteiger partial charge in [0.15, 0.2) is 0 Å². The molecule has 1 amide bonds. The van der Waals surface area contributed by atoms with Crippen molar-refractivity contribution in [2.75, 3.05) is 12.9 Å². The van der Waals surface area contributed by atoms with Crippen molar-refractivity contribution in [1.29, 1.82) is 0 Å². The number of nitrogens with zero attached hydrogens (tertiary/aromatic N) is 1. The Hall–Kier alpha value is -1.64. The Morgan fingerprint density at radius 3 is 2.37 bits per heavy atom. The molecule has 3 unspecified atom stereocenters. The van der Waals surface area contributed by atoms with Gasteiger partial charge in [-0.1, -0.05) is 30.3 Å². The summed E-state index contributed by atoms with van der Waals surface area (Å²) in [5.74, 6) is 0.892. The number of sulfonamides is 1. The molecule has 4 rings (SSSR count). The van der Waals surface area contributed by atoms with Gasteiger partial charge in [0.25, 0.3) is 0 Å². The average Bonchev–Trinajstić information content (AvgIpc) is 3.49. The number of ether oxygens (including phenoxy) is 1. The van der Waals surface area contributed by atoms with Crippen LogP contribution in [0.5, 0.6) is 0 Å². The molecule has 1 heterocycles. The first kappa shape index (κ1) is 21.6. The van der Waals surface area contributed by atoms with Gasteiger partial charge in [0.05, 0.1) is 25.0 Å². The summed E-state index contributed by atoms with van der Waals surface area (Å²) < 4.78 is 32.6. The lowest BCUT2D eigenvalue weighted by atomic mass is 9.83. The van der Waals surface area contributed by atoms with Crippen molar-refractivity contribution in [1.82, 2.24) is 9.62 Å². The minimum Gasteiger partial charge on any atom is -0.465 e. The molecule has 2 N–H and O–H groups in total. The minimum absolute atomic E-state index is 0.0967. The molecular formula is C22H32N2O5S. The van der Waals surface area contributed by atoms with Crippen LogP contribution in [0.2, 0.25) is 0 Å². The predicted molar refractivity (Wildman–Crippen MR) is 114 cm³/mol. The number of hydrogen-bond acceptors (Lipinski definition) is 4. The van der Waals surface area contributed by atoms with E-state index in [1.165, 1.54) is 10.5 Å². The van der Waals surface area contributed by atoms with E-state index >= 15 is 0 Å². The fraction of sp³-hybridized carbons (Fsp3) is 0.682. The highest BCUT2D eigenvalue weighted by atomic mass is 32.2. The minimum atomic E-state index is -3.42. The molecule has 8 heteroatoms. The van der Waals surface area contributed by atoms with Gasteiger partial charge in [-0.3, -0.25) is 4.90 Å². The number of likely N-dealkylation sites (tertiary alicyclic amines) is 1. The van der Waals surface area contributed by atoms with Gasteiger partial charge >= 0.3 is 6.09 Å². The number of amides is 1. The second kappa shape index (κ2) is 8.85. The molecular weight excluding hydrogens is 404 g/mol. The van der Waals surface area contributed by atoms with Gasteiger partial charge in [0.2, 0.25) is 10.0 Å². The van der Waals surface area contributed by atoms with Crippen LogP contribution in [0.4, 0.5) is 4.79 Å². The summed E-state index contributed by atoms with van der Waals surface area (Å²) in [4.78, 5) is 13.5. The average molecular weight is 437 g/mol. The molecule has 2 aliphatic carbocycles. The Morgan fingerprint density at radius 1 is 1.13 bits per heavy atom. The van der Waals surface area contributed by atoms with E-state index < -0.39 is 28.2 Å². The third-order valence-electron chi connectivity index (χ3n) is 6.87. The number of carbonyl (C=O) groups is 1. The molecule has 30 heavy (non-hydrogen) atoms. The monoisotopic (exact) mass is 436 g/mol. The van der Waals surface area contributed by atoms with Crippen LogP contribution in [0.25, 0.3) is 0 Å². The van der Waals surface area contributed by atoms with Crippen LogP contribution in [0.15, 0.2) is 30.3 Å². The van der Waals surface area contributed by atoms with Gasteiger partial charge in [-0.2, -0.15) is 0 Å². The number of rotatable bonds is 7. The first-order valence-corrected chi connectivity index (χ1v) is 12.9. The van der Waals surface area contributed by atoms with Crippen LogP contribution in [0, 0.1) is 5.92 Å². The van der Waals surface area contributed by atoms with Gasteiger partial charge in [0, 0.05) is 12.1 Å². The summed E-state index contributed by atoms with van der Waals surface area (Å²) in [6.07, 6.45) is 6.78. The van der Waals surface area contributed by atoms with E-state index in [1.54, 1.807) is 0 Å². The first-order valence-electron chi connectivity index (χ1n) is 11.0. The summed E-state index contributed by atoms with van der Waals surface area (Å²) >= 11 is 0. The number of carboxylic acid groups (broad SMARTS) is 1. The smallest absolute Gasteiger partial charge is 0.407 e. The van der Waals surface area contributed by atoms with E-state index in [2.05, 4.69) is 29.0 Å². The summed E-state index contributed by atoms with van der Waals surface area (Å²) in [6.45, 7) is 0.239. The van der Waals surface area contributed by atoms with Crippen LogP contribution in [-0.2, 0) is 14.8 Å². The molecule has 3 atom stereocenters. The topological polar surface area (TPSA) is 95.9 Å². The highest BCUT2D eigenvalue weighted by molar-refractivity contribution is 7.88. The summed E-state index contributed by atoms with van der Waals surface area (Å²) in [7, 11) is -3.42. The van der Waals surface area contributed by atoms with Crippen LogP contribution in [0.1, 0.15) is 56.4 Å². The zero-order chi connectivity index (χ0) is 21.3. The maximum atomic E-state index is 12.0. The van der Waals surface area contributed by atoms with E-state index in [4.69, 9.17) is 4.74 Å². The molecule has 0 spiro atoms. The Morgan fingerprint density at radius 2 is 1.80 bits per heavy atom. The number of nitrogens with one attached hydrogen (secondary N) is 1. The van der Waals surface area contributed by atoms with Crippen molar-refractivity contribution in [2.45, 2.75) is 75.1 Å². The van der Waals surface area contributed by atoms with Crippen molar-refractivity contribution in [3.8, 4) is 0 Å². The molecule has 1 saturated heterocycles. The number of hydrogen-bond donors (Lipinski definition) is 2. The highest BCUT2D eigenvalue weighted by Gasteiger charge is 2.50. The fourth-order valence-corrected chi connectivity index (χ4v) is 6.08. The van der Waals surface area contributed by atoms with Crippen molar-refractivity contribution in [2.24, 2.45) is 5.92 Å². The Bertz CT molecular complexity index is 834. The molecule has 7 nitrogen and oxygen atoms in total. The maximum Gasteiger partial charge on any atom is 0.407 e. The van der Waals surface area contributed by atoms with Crippen molar-refractivity contribution in [3.63, 3.8) is 0 Å². The number of benzene rings is 1. The molecule has 1 aliphatic heterocycles. The van der Waals surface area contributed by atoms with Crippen LogP contribution >= 0.6 is 0 Å². The second-order valence-electron chi connectivity index (χ2n) is 9.11. The van der Waals surface area contributed by atoms with Crippen LogP contribution < -0.4 is 4.72 Å². The standard InChI is InChI=1S/C22H32N2O5S/c1-30(27,28)23-19-13-20(17-7-8-17)24(22(25)26)21(19)14-29-18-11-9-16(10-12-18)15-5-3-2-4-6-15/h2-6,16-21,23H,7-14H2,1H3,(H,25,26)/t16-,18+,19?,20?,21?. The van der Waals surface area contributed by atoms with Gasteiger partial charge in [0.1, 0.15) is 0 Å². The van der Waals surface area contributed by atoms with Crippen LogP contribution in [-0.4, -0.2) is 61.6 Å². The van der Waals surface area contributed by atoms with Crippen molar-refractivity contribution >= 4 is 16.1 Å². The maximum absolute atomic E-state index is 12.0. The molecule has 0 aromatic heterocycles. The van der Waals surface area contributed by atoms with Crippen molar-refractivity contribution in [3.05, 3.63) is 35.9 Å². The normalized spacial score (nSPS) is 32.3. The van der Waals surface area contributed by atoms with E-state index in [0.717, 1.165) is 44.8 Å². The molecule has 1 aromatic rings. The van der Waals surface area contributed by atoms with Gasteiger partial charge in [-0.15, -0.1) is 0 Å². The van der Waals surface area contributed by atoms with Gasteiger partial charge in [-0.05, 0) is 62.3 Å². The third-order valence-corrected chi connectivity index (χ3v) is 7.61. The molecule has 0 radical (unpaired) electrons. The molecule has 3 fully saturated rings. The largest absolute Gasteiger partial charge is 0.465 e. The van der Waals surface area contributed by atoms with Gasteiger partial charge < -0.3 is 9.84 Å². The Balaban J connectivity index is 1.37. The molecule has 2 saturated carbocycles. The van der Waals surface area contributed by atoms with Gasteiger partial charge in [-0.25, -0.2) is 17.9 Å². The van der Waals surface area contributed by atoms with E-state index in [-0.39, 0.29) is 18.8 Å². The van der Waals surface area contributed by atoms with E-state index in [9.17, 15) is 18.3 Å². The molecule has 166 valence electrons. The van der Waals surface area contributed by atoms with Crippen LogP contribution in [0.3, 0.4) is 0 Å². The molecule has 0 bridgehead atoms. The lowest BCUT2D eigenvalue weighted by Gasteiger charge is -2.33.